The third kappa shape index (κ3) is 2.33. The summed E-state index contributed by atoms with van der Waals surface area (Å²) in [6.07, 6.45) is 0. The molecule has 0 atom stereocenters. The summed E-state index contributed by atoms with van der Waals surface area (Å²) < 4.78 is 6.15. The van der Waals surface area contributed by atoms with Gasteiger partial charge in [-0.3, -0.25) is 0 Å². The van der Waals surface area contributed by atoms with Crippen molar-refractivity contribution >= 4 is 25.5 Å². The molecule has 4 rings (SSSR count). The molecule has 21 heavy (non-hydrogen) atoms. The molecule has 0 spiro atoms. The summed E-state index contributed by atoms with van der Waals surface area (Å²) in [5.74, 6) is 0. The molecule has 100 valence electrons. The summed E-state index contributed by atoms with van der Waals surface area (Å²) in [6.45, 7) is 0. The second-order valence-corrected chi connectivity index (χ2v) is 6.66. The monoisotopic (exact) mass is 335 g/mol. The third-order valence-corrected chi connectivity index (χ3v) is 5.39. The SMILES string of the molecule is c1ccc(-c2cc(-c3cccc4ccccc34)n[se]2)cc1. The van der Waals surface area contributed by atoms with Gasteiger partial charge in [0, 0.05) is 0 Å². The second kappa shape index (κ2) is 5.32. The van der Waals surface area contributed by atoms with E-state index in [1.165, 1.54) is 26.3 Å². The van der Waals surface area contributed by atoms with Gasteiger partial charge >= 0.3 is 130 Å². The zero-order valence-corrected chi connectivity index (χ0v) is 13.1. The molecule has 0 aliphatic carbocycles. The maximum atomic E-state index is 4.80. The number of benzene rings is 3. The van der Waals surface area contributed by atoms with Crippen LogP contribution < -0.4 is 0 Å². The Morgan fingerprint density at radius 3 is 2.38 bits per heavy atom. The van der Waals surface area contributed by atoms with E-state index in [0.717, 1.165) is 5.69 Å². The molecular formula is C19H13NSe. The van der Waals surface area contributed by atoms with E-state index in [1.54, 1.807) is 0 Å². The van der Waals surface area contributed by atoms with Crippen LogP contribution in [0.2, 0.25) is 0 Å². The maximum absolute atomic E-state index is 4.80. The molecule has 0 aliphatic rings. The van der Waals surface area contributed by atoms with Crippen LogP contribution in [0, 0.1) is 0 Å². The fourth-order valence-corrected chi connectivity index (χ4v) is 4.17. The molecule has 0 saturated heterocycles. The molecule has 0 unspecified atom stereocenters. The molecule has 0 amide bonds. The molecule has 4 aromatic rings. The topological polar surface area (TPSA) is 12.9 Å². The van der Waals surface area contributed by atoms with Gasteiger partial charge in [-0.15, -0.1) is 0 Å². The minimum absolute atomic E-state index is 0.174. The molecule has 3 aromatic carbocycles. The molecule has 0 fully saturated rings. The quantitative estimate of drug-likeness (QED) is 0.487. The molecule has 1 nitrogen and oxygen atoms in total. The van der Waals surface area contributed by atoms with E-state index in [9.17, 15) is 0 Å². The fourth-order valence-electron chi connectivity index (χ4n) is 2.59. The number of nitrogens with zero attached hydrogens (tertiary/aromatic N) is 1. The van der Waals surface area contributed by atoms with E-state index in [4.69, 9.17) is 3.98 Å². The van der Waals surface area contributed by atoms with E-state index in [0.29, 0.717) is 0 Å². The van der Waals surface area contributed by atoms with Crippen LogP contribution in [0.4, 0.5) is 0 Å². The third-order valence-electron chi connectivity index (χ3n) is 3.63. The van der Waals surface area contributed by atoms with E-state index in [2.05, 4.69) is 78.9 Å². The molecule has 0 aliphatic heterocycles. The van der Waals surface area contributed by atoms with E-state index < -0.39 is 0 Å². The Bertz CT molecular complexity index is 888. The van der Waals surface area contributed by atoms with Crippen LogP contribution in [-0.4, -0.2) is 18.7 Å². The van der Waals surface area contributed by atoms with E-state index in [-0.39, 0.29) is 14.7 Å². The summed E-state index contributed by atoms with van der Waals surface area (Å²) in [6, 6.07) is 27.7. The van der Waals surface area contributed by atoms with Gasteiger partial charge in [0.15, 0.2) is 0 Å². The Balaban J connectivity index is 1.85. The van der Waals surface area contributed by atoms with E-state index in [1.807, 2.05) is 0 Å². The minimum atomic E-state index is 0.174. The Morgan fingerprint density at radius 1 is 0.714 bits per heavy atom. The van der Waals surface area contributed by atoms with E-state index >= 15 is 0 Å². The van der Waals surface area contributed by atoms with Crippen LogP contribution in [0.25, 0.3) is 32.0 Å². The van der Waals surface area contributed by atoms with Crippen molar-refractivity contribution in [3.05, 3.63) is 78.9 Å². The van der Waals surface area contributed by atoms with Crippen molar-refractivity contribution in [3.8, 4) is 21.3 Å². The van der Waals surface area contributed by atoms with Crippen molar-refractivity contribution in [1.82, 2.24) is 3.98 Å². The Kier molecular flexibility index (Phi) is 3.19. The summed E-state index contributed by atoms with van der Waals surface area (Å²) in [7, 11) is 0. The Hall–Kier alpha value is -2.15. The summed E-state index contributed by atoms with van der Waals surface area (Å²) in [4.78, 5) is 0. The zero-order chi connectivity index (χ0) is 14.1. The van der Waals surface area contributed by atoms with Gasteiger partial charge in [0.1, 0.15) is 0 Å². The molecule has 0 radical (unpaired) electrons. The van der Waals surface area contributed by atoms with Crippen LogP contribution in [0.15, 0.2) is 78.9 Å². The molecule has 0 N–H and O–H groups in total. The van der Waals surface area contributed by atoms with Gasteiger partial charge in [0.2, 0.25) is 0 Å². The van der Waals surface area contributed by atoms with Crippen molar-refractivity contribution in [1.29, 1.82) is 0 Å². The number of hydrogen-bond acceptors (Lipinski definition) is 1. The Morgan fingerprint density at radius 2 is 1.48 bits per heavy atom. The summed E-state index contributed by atoms with van der Waals surface area (Å²) in [5.41, 5.74) is 3.64. The molecular weight excluding hydrogens is 321 g/mol. The van der Waals surface area contributed by atoms with Gasteiger partial charge in [-0.25, -0.2) is 0 Å². The average Bonchev–Trinajstić information content (AvgIpc) is 3.05. The molecule has 0 bridgehead atoms. The van der Waals surface area contributed by atoms with Crippen LogP contribution in [0.1, 0.15) is 0 Å². The van der Waals surface area contributed by atoms with Gasteiger partial charge in [0.05, 0.1) is 0 Å². The van der Waals surface area contributed by atoms with Crippen molar-refractivity contribution in [2.45, 2.75) is 0 Å². The first-order valence-corrected chi connectivity index (χ1v) is 8.54. The first-order chi connectivity index (χ1) is 10.4. The second-order valence-electron chi connectivity index (χ2n) is 4.97. The van der Waals surface area contributed by atoms with Gasteiger partial charge in [-0.1, -0.05) is 0 Å². The number of hydrogen-bond donors (Lipinski definition) is 0. The normalized spacial score (nSPS) is 10.9. The van der Waals surface area contributed by atoms with Crippen LogP contribution in [0.3, 0.4) is 0 Å². The van der Waals surface area contributed by atoms with Crippen molar-refractivity contribution in [3.63, 3.8) is 0 Å². The molecule has 1 heterocycles. The number of rotatable bonds is 2. The summed E-state index contributed by atoms with van der Waals surface area (Å²) in [5, 5.41) is 2.55. The van der Waals surface area contributed by atoms with Gasteiger partial charge < -0.3 is 0 Å². The number of fused-ring (bicyclic) bond motifs is 1. The zero-order valence-electron chi connectivity index (χ0n) is 11.4. The standard InChI is InChI=1S/C19H13NSe/c1-2-8-15(9-3-1)19-13-18(20-21-19)17-12-6-10-14-7-4-5-11-16(14)17/h1-13H. The summed E-state index contributed by atoms with van der Waals surface area (Å²) >= 11 is 0.174. The van der Waals surface area contributed by atoms with Gasteiger partial charge in [-0.05, 0) is 0 Å². The average molecular weight is 334 g/mol. The van der Waals surface area contributed by atoms with Gasteiger partial charge in [0.25, 0.3) is 0 Å². The molecule has 1 aromatic heterocycles. The fraction of sp³-hybridized carbons (Fsp3) is 0. The number of aromatic nitrogens is 1. The van der Waals surface area contributed by atoms with Crippen LogP contribution in [-0.2, 0) is 0 Å². The predicted molar refractivity (Wildman–Crippen MR) is 89.6 cm³/mol. The van der Waals surface area contributed by atoms with Gasteiger partial charge in [-0.2, -0.15) is 0 Å². The van der Waals surface area contributed by atoms with Crippen molar-refractivity contribution in [2.24, 2.45) is 0 Å². The predicted octanol–water partition coefficient (Wildman–Crippen LogP) is 4.63. The first-order valence-electron chi connectivity index (χ1n) is 6.92. The molecule has 0 saturated carbocycles. The Labute approximate surface area is 129 Å². The first kappa shape index (κ1) is 12.6. The van der Waals surface area contributed by atoms with Crippen LogP contribution in [0.5, 0.6) is 0 Å². The molecule has 2 heteroatoms. The van der Waals surface area contributed by atoms with Crippen LogP contribution >= 0.6 is 0 Å². The van der Waals surface area contributed by atoms with Crippen molar-refractivity contribution in [2.75, 3.05) is 0 Å². The van der Waals surface area contributed by atoms with Crippen molar-refractivity contribution < 1.29 is 0 Å².